The molecule has 0 bridgehead atoms. The van der Waals surface area contributed by atoms with E-state index in [9.17, 15) is 0 Å². The zero-order chi connectivity index (χ0) is 18.0. The van der Waals surface area contributed by atoms with Crippen molar-refractivity contribution >= 4 is 10.4 Å². The van der Waals surface area contributed by atoms with Crippen molar-refractivity contribution in [1.29, 1.82) is 0 Å². The molecule has 0 heterocycles. The number of hydrogen-bond donors (Lipinski definition) is 0. The zero-order valence-corrected chi connectivity index (χ0v) is 14.5. The van der Waals surface area contributed by atoms with E-state index >= 15 is 0 Å². The van der Waals surface area contributed by atoms with Gasteiger partial charge in [0.15, 0.2) is 0 Å². The van der Waals surface area contributed by atoms with E-state index in [0.717, 1.165) is 13.2 Å². The molecule has 0 spiro atoms. The van der Waals surface area contributed by atoms with Gasteiger partial charge in [-0.15, -0.1) is 0 Å². The van der Waals surface area contributed by atoms with Gasteiger partial charge >= 0.3 is 0 Å². The van der Waals surface area contributed by atoms with E-state index in [0.29, 0.717) is 0 Å². The minimum absolute atomic E-state index is 0.0161. The van der Waals surface area contributed by atoms with Crippen molar-refractivity contribution in [3.8, 4) is 0 Å². The van der Waals surface area contributed by atoms with Gasteiger partial charge in [0, 0.05) is 16.9 Å². The average molecular weight is 351 g/mol. The highest BCUT2D eigenvalue weighted by Gasteiger charge is 2.13. The third-order valence-corrected chi connectivity index (χ3v) is 3.03. The van der Waals surface area contributed by atoms with Gasteiger partial charge < -0.3 is 18.7 Å². The van der Waals surface area contributed by atoms with Crippen LogP contribution in [0.15, 0.2) is 60.7 Å². The Bertz CT molecular complexity index is 627. The lowest BCUT2D eigenvalue weighted by Gasteiger charge is -2.20. The van der Waals surface area contributed by atoms with E-state index in [4.69, 9.17) is 22.3 Å². The van der Waals surface area contributed by atoms with Crippen molar-refractivity contribution in [1.82, 2.24) is 4.90 Å². The van der Waals surface area contributed by atoms with Crippen LogP contribution in [0.1, 0.15) is 17.2 Å². The van der Waals surface area contributed by atoms with Crippen LogP contribution in [0.3, 0.4) is 0 Å². The molecular formula is C17H21NO5S-2. The monoisotopic (exact) mass is 351 g/mol. The molecule has 0 radical (unpaired) electrons. The quantitative estimate of drug-likeness (QED) is 0.584. The molecule has 2 aromatic carbocycles. The standard InChI is InChI=1S/C17H21NO.H2O4S/c1-18(2)13-14-19-17(15-9-5-3-6-10-15)16-11-7-4-8-12-16;1-5(2,3)4/h3-12,17H,13-14H2,1-2H3;(H2,1,2,3,4)/p-2. The zero-order valence-electron chi connectivity index (χ0n) is 13.7. The normalized spacial score (nSPS) is 11.2. The molecule has 0 saturated carbocycles. The highest BCUT2D eigenvalue weighted by Crippen LogP contribution is 2.25. The second kappa shape index (κ2) is 10.2. The maximum absolute atomic E-state index is 8.52. The summed E-state index contributed by atoms with van der Waals surface area (Å²) in [5.41, 5.74) is 2.40. The molecule has 24 heavy (non-hydrogen) atoms. The van der Waals surface area contributed by atoms with E-state index < -0.39 is 10.4 Å². The maximum atomic E-state index is 8.52. The molecule has 7 heteroatoms. The smallest absolute Gasteiger partial charge is 0.108 e. The Balaban J connectivity index is 0.000000505. The van der Waals surface area contributed by atoms with Gasteiger partial charge in [-0.3, -0.25) is 8.42 Å². The van der Waals surface area contributed by atoms with Crippen LogP contribution in [0, 0.1) is 0 Å². The van der Waals surface area contributed by atoms with E-state index in [1.165, 1.54) is 11.1 Å². The minimum atomic E-state index is -5.17. The molecule has 0 unspecified atom stereocenters. The van der Waals surface area contributed by atoms with Gasteiger partial charge in [0.25, 0.3) is 0 Å². The van der Waals surface area contributed by atoms with Crippen LogP contribution in [-0.4, -0.2) is 49.7 Å². The molecule has 132 valence electrons. The lowest BCUT2D eigenvalue weighted by atomic mass is 10.0. The summed E-state index contributed by atoms with van der Waals surface area (Å²) < 4.78 is 40.2. The predicted octanol–water partition coefficient (Wildman–Crippen LogP) is 2.02. The van der Waals surface area contributed by atoms with Gasteiger partial charge in [0.05, 0.1) is 6.61 Å². The predicted molar refractivity (Wildman–Crippen MR) is 89.7 cm³/mol. The summed E-state index contributed by atoms with van der Waals surface area (Å²) in [6.45, 7) is 1.65. The number of nitrogens with zero attached hydrogens (tertiary/aromatic N) is 1. The molecule has 0 amide bonds. The molecule has 0 aliphatic rings. The first-order valence-electron chi connectivity index (χ1n) is 7.30. The van der Waals surface area contributed by atoms with E-state index in [2.05, 4.69) is 67.5 Å². The second-order valence-electron chi connectivity index (χ2n) is 5.28. The number of ether oxygens (including phenoxy) is 1. The summed E-state index contributed by atoms with van der Waals surface area (Å²) in [6.07, 6.45) is 0.0161. The van der Waals surface area contributed by atoms with Crippen LogP contribution in [0.4, 0.5) is 0 Å². The molecule has 0 aliphatic carbocycles. The molecule has 0 N–H and O–H groups in total. The topological polar surface area (TPSA) is 92.7 Å². The number of hydrogen-bond acceptors (Lipinski definition) is 6. The minimum Gasteiger partial charge on any atom is -0.759 e. The van der Waals surface area contributed by atoms with Crippen LogP contribution in [0.2, 0.25) is 0 Å². The van der Waals surface area contributed by atoms with Crippen molar-refractivity contribution < 1.29 is 22.3 Å². The highest BCUT2D eigenvalue weighted by molar-refractivity contribution is 7.79. The molecule has 0 aromatic heterocycles. The summed E-state index contributed by atoms with van der Waals surface area (Å²) in [5, 5.41) is 0. The largest absolute Gasteiger partial charge is 0.759 e. The van der Waals surface area contributed by atoms with Gasteiger partial charge in [-0.05, 0) is 25.2 Å². The lowest BCUT2D eigenvalue weighted by molar-refractivity contribution is 0.0687. The number of benzene rings is 2. The fraction of sp³-hybridized carbons (Fsp3) is 0.294. The molecule has 2 rings (SSSR count). The summed E-state index contributed by atoms with van der Waals surface area (Å²) in [6, 6.07) is 20.8. The van der Waals surface area contributed by atoms with Gasteiger partial charge in [0.1, 0.15) is 6.10 Å². The Labute approximate surface area is 143 Å². The van der Waals surface area contributed by atoms with Gasteiger partial charge in [0.2, 0.25) is 0 Å². The maximum Gasteiger partial charge on any atom is 0.108 e. The lowest BCUT2D eigenvalue weighted by Crippen LogP contribution is -2.20. The summed E-state index contributed by atoms with van der Waals surface area (Å²) in [7, 11) is -1.05. The van der Waals surface area contributed by atoms with Crippen molar-refractivity contribution in [2.24, 2.45) is 0 Å². The molecule has 0 fully saturated rings. The van der Waals surface area contributed by atoms with E-state index in [-0.39, 0.29) is 6.10 Å². The third-order valence-electron chi connectivity index (χ3n) is 3.03. The van der Waals surface area contributed by atoms with Crippen molar-refractivity contribution in [2.45, 2.75) is 6.10 Å². The highest BCUT2D eigenvalue weighted by atomic mass is 32.3. The number of likely N-dealkylation sites (N-methyl/N-ethyl adjacent to an activating group) is 1. The first-order chi connectivity index (χ1) is 11.3. The van der Waals surface area contributed by atoms with Gasteiger partial charge in [-0.25, -0.2) is 0 Å². The molecule has 2 aromatic rings. The Morgan fingerprint density at radius 2 is 1.29 bits per heavy atom. The fourth-order valence-corrected chi connectivity index (χ4v) is 1.99. The molecule has 0 saturated heterocycles. The van der Waals surface area contributed by atoms with E-state index in [1.807, 2.05) is 12.1 Å². The van der Waals surface area contributed by atoms with Crippen molar-refractivity contribution in [3.63, 3.8) is 0 Å². The van der Waals surface area contributed by atoms with Crippen LogP contribution in [0.5, 0.6) is 0 Å². The molecule has 6 nitrogen and oxygen atoms in total. The van der Waals surface area contributed by atoms with Crippen molar-refractivity contribution in [3.05, 3.63) is 71.8 Å². The molecular weight excluding hydrogens is 330 g/mol. The summed E-state index contributed by atoms with van der Waals surface area (Å²) in [4.78, 5) is 2.13. The SMILES string of the molecule is CN(C)CCOC(c1ccccc1)c1ccccc1.O=S(=O)([O-])[O-]. The first-order valence-corrected chi connectivity index (χ1v) is 8.63. The first kappa shape index (κ1) is 20.3. The van der Waals surface area contributed by atoms with Crippen LogP contribution >= 0.6 is 0 Å². The third kappa shape index (κ3) is 9.39. The van der Waals surface area contributed by atoms with Gasteiger partial charge in [-0.2, -0.15) is 0 Å². The molecule has 0 aliphatic heterocycles. The fourth-order valence-electron chi connectivity index (χ4n) is 1.99. The number of rotatable bonds is 6. The van der Waals surface area contributed by atoms with Crippen LogP contribution in [-0.2, 0) is 15.1 Å². The van der Waals surface area contributed by atoms with Gasteiger partial charge in [-0.1, -0.05) is 60.7 Å². The summed E-state index contributed by atoms with van der Waals surface area (Å²) >= 11 is 0. The average Bonchev–Trinajstić information content (AvgIpc) is 2.51. The van der Waals surface area contributed by atoms with E-state index in [1.54, 1.807) is 0 Å². The Morgan fingerprint density at radius 3 is 1.62 bits per heavy atom. The van der Waals surface area contributed by atoms with Crippen LogP contribution < -0.4 is 0 Å². The Hall–Kier alpha value is -1.77. The summed E-state index contributed by atoms with van der Waals surface area (Å²) in [5.74, 6) is 0. The Kier molecular flexibility index (Phi) is 8.59. The van der Waals surface area contributed by atoms with Crippen molar-refractivity contribution in [2.75, 3.05) is 27.2 Å². The second-order valence-corrected chi connectivity index (χ2v) is 6.10. The molecule has 0 atom stereocenters. The van der Waals surface area contributed by atoms with Crippen LogP contribution in [0.25, 0.3) is 0 Å². The Morgan fingerprint density at radius 1 is 0.917 bits per heavy atom.